The van der Waals surface area contributed by atoms with Crippen molar-refractivity contribution in [1.29, 1.82) is 0 Å². The van der Waals surface area contributed by atoms with Crippen LogP contribution in [0.1, 0.15) is 11.5 Å². The fraction of sp³-hybridized carbons (Fsp3) is 0.200. The number of carboxylic acid groups (broad SMARTS) is 1. The highest BCUT2D eigenvalue weighted by Crippen LogP contribution is 2.31. The zero-order valence-electron chi connectivity index (χ0n) is 8.28. The van der Waals surface area contributed by atoms with Crippen LogP contribution in [0.4, 0.5) is 13.2 Å². The zero-order chi connectivity index (χ0) is 12.6. The Morgan fingerprint density at radius 3 is 2.71 bits per heavy atom. The van der Waals surface area contributed by atoms with E-state index in [4.69, 9.17) is 5.11 Å². The van der Waals surface area contributed by atoms with Gasteiger partial charge in [-0.2, -0.15) is 13.2 Å². The molecule has 4 nitrogen and oxygen atoms in total. The lowest BCUT2D eigenvalue weighted by Crippen LogP contribution is -2.04. The summed E-state index contributed by atoms with van der Waals surface area (Å²) < 4.78 is 41.4. The average molecular weight is 245 g/mol. The third-order valence-corrected chi connectivity index (χ3v) is 2.05. The average Bonchev–Trinajstić information content (AvgIpc) is 2.58. The molecule has 1 aromatic heterocycles. The predicted molar refractivity (Wildman–Crippen MR) is 50.4 cm³/mol. The smallest absolute Gasteiger partial charge is 0.468 e. The molecule has 0 spiro atoms. The van der Waals surface area contributed by atoms with E-state index in [2.05, 4.69) is 9.40 Å². The summed E-state index contributed by atoms with van der Waals surface area (Å²) in [6, 6.07) is 3.93. The number of oxazole rings is 1. The Balaban J connectivity index is 2.44. The first-order chi connectivity index (χ1) is 7.86. The van der Waals surface area contributed by atoms with Crippen LogP contribution >= 0.6 is 0 Å². The molecule has 0 atom stereocenters. The van der Waals surface area contributed by atoms with E-state index in [9.17, 15) is 18.0 Å². The molecule has 0 fully saturated rings. The minimum atomic E-state index is -4.65. The van der Waals surface area contributed by atoms with Crippen molar-refractivity contribution in [1.82, 2.24) is 4.98 Å². The number of benzene rings is 1. The maximum atomic E-state index is 12.3. The maximum Gasteiger partial charge on any atom is 0.468 e. The van der Waals surface area contributed by atoms with Gasteiger partial charge in [0, 0.05) is 0 Å². The summed E-state index contributed by atoms with van der Waals surface area (Å²) in [6.07, 6.45) is -4.92. The first kappa shape index (κ1) is 11.4. The highest BCUT2D eigenvalue weighted by atomic mass is 19.4. The molecule has 17 heavy (non-hydrogen) atoms. The molecule has 1 N–H and O–H groups in total. The highest BCUT2D eigenvalue weighted by molar-refractivity contribution is 5.76. The number of nitrogens with zero attached hydrogens (tertiary/aromatic N) is 1. The predicted octanol–water partition coefficient (Wildman–Crippen LogP) is 2.47. The number of carbonyl (C=O) groups is 1. The van der Waals surface area contributed by atoms with Crippen LogP contribution in [-0.4, -0.2) is 16.1 Å². The second-order valence-corrected chi connectivity index (χ2v) is 3.39. The van der Waals surface area contributed by atoms with Crippen LogP contribution in [0.3, 0.4) is 0 Å². The van der Waals surface area contributed by atoms with Crippen LogP contribution in [0.2, 0.25) is 0 Å². The topological polar surface area (TPSA) is 63.3 Å². The van der Waals surface area contributed by atoms with Gasteiger partial charge in [-0.25, -0.2) is 4.98 Å². The molecule has 0 aliphatic carbocycles. The van der Waals surface area contributed by atoms with E-state index >= 15 is 0 Å². The number of fused-ring (bicyclic) bond motifs is 1. The van der Waals surface area contributed by atoms with Gasteiger partial charge in [-0.1, -0.05) is 6.07 Å². The molecule has 0 radical (unpaired) electrons. The van der Waals surface area contributed by atoms with E-state index in [0.717, 1.165) is 0 Å². The Labute approximate surface area is 92.7 Å². The molecule has 0 aliphatic heterocycles. The van der Waals surface area contributed by atoms with Crippen molar-refractivity contribution in [3.63, 3.8) is 0 Å². The van der Waals surface area contributed by atoms with Gasteiger partial charge in [-0.15, -0.1) is 0 Å². The molecular formula is C10H6F3NO3. The van der Waals surface area contributed by atoms with E-state index in [-0.39, 0.29) is 17.5 Å². The lowest BCUT2D eigenvalue weighted by atomic mass is 10.1. The van der Waals surface area contributed by atoms with Crippen LogP contribution in [0.15, 0.2) is 22.6 Å². The van der Waals surface area contributed by atoms with Crippen molar-refractivity contribution < 1.29 is 27.5 Å². The second kappa shape index (κ2) is 3.76. The number of carboxylic acids is 1. The van der Waals surface area contributed by atoms with E-state index < -0.39 is 18.0 Å². The molecule has 0 amide bonds. The van der Waals surface area contributed by atoms with Crippen molar-refractivity contribution in [2.75, 3.05) is 0 Å². The molecule has 0 unspecified atom stereocenters. The summed E-state index contributed by atoms with van der Waals surface area (Å²) >= 11 is 0. The van der Waals surface area contributed by atoms with Crippen molar-refractivity contribution in [3.8, 4) is 0 Å². The van der Waals surface area contributed by atoms with E-state index in [1.165, 1.54) is 18.2 Å². The Morgan fingerprint density at radius 1 is 1.41 bits per heavy atom. The molecule has 0 bridgehead atoms. The normalized spacial score (nSPS) is 11.9. The number of aliphatic carboxylic acids is 1. The number of halogens is 3. The fourth-order valence-electron chi connectivity index (χ4n) is 1.38. The first-order valence-electron chi connectivity index (χ1n) is 4.55. The molecule has 90 valence electrons. The van der Waals surface area contributed by atoms with Gasteiger partial charge in [0.1, 0.15) is 5.52 Å². The molecule has 0 aliphatic rings. The van der Waals surface area contributed by atoms with Crippen molar-refractivity contribution in [3.05, 3.63) is 29.7 Å². The summed E-state index contributed by atoms with van der Waals surface area (Å²) in [7, 11) is 0. The van der Waals surface area contributed by atoms with E-state index in [1.807, 2.05) is 0 Å². The van der Waals surface area contributed by atoms with Crippen LogP contribution in [0, 0.1) is 0 Å². The molecule has 7 heteroatoms. The summed E-state index contributed by atoms with van der Waals surface area (Å²) in [5, 5.41) is 8.55. The van der Waals surface area contributed by atoms with Crippen molar-refractivity contribution in [2.45, 2.75) is 12.6 Å². The van der Waals surface area contributed by atoms with Gasteiger partial charge < -0.3 is 9.52 Å². The molecule has 1 heterocycles. The number of aromatic nitrogens is 1. The van der Waals surface area contributed by atoms with Crippen molar-refractivity contribution >= 4 is 17.1 Å². The zero-order valence-corrected chi connectivity index (χ0v) is 8.28. The van der Waals surface area contributed by atoms with Gasteiger partial charge in [0.05, 0.1) is 6.42 Å². The van der Waals surface area contributed by atoms with Crippen LogP contribution in [0.5, 0.6) is 0 Å². The van der Waals surface area contributed by atoms with Crippen LogP contribution < -0.4 is 0 Å². The second-order valence-electron chi connectivity index (χ2n) is 3.39. The first-order valence-corrected chi connectivity index (χ1v) is 4.55. The summed E-state index contributed by atoms with van der Waals surface area (Å²) in [5.74, 6) is -2.40. The Kier molecular flexibility index (Phi) is 2.53. The molecular weight excluding hydrogens is 239 g/mol. The van der Waals surface area contributed by atoms with Gasteiger partial charge in [-0.05, 0) is 17.7 Å². The molecule has 0 saturated carbocycles. The summed E-state index contributed by atoms with van der Waals surface area (Å²) in [6.45, 7) is 0. The standard InChI is InChI=1S/C10H6F3NO3/c11-10(12,13)9-14-6-3-5(4-8(15)16)1-2-7(6)17-9/h1-3H,4H2,(H,15,16). The van der Waals surface area contributed by atoms with E-state index in [1.54, 1.807) is 0 Å². The van der Waals surface area contributed by atoms with Gasteiger partial charge in [-0.3, -0.25) is 4.79 Å². The van der Waals surface area contributed by atoms with Gasteiger partial charge in [0.2, 0.25) is 0 Å². The van der Waals surface area contributed by atoms with Gasteiger partial charge in [0.25, 0.3) is 0 Å². The number of hydrogen-bond acceptors (Lipinski definition) is 3. The maximum absolute atomic E-state index is 12.3. The monoisotopic (exact) mass is 245 g/mol. The number of hydrogen-bond donors (Lipinski definition) is 1. The SMILES string of the molecule is O=C(O)Cc1ccc2oc(C(F)(F)F)nc2c1. The quantitative estimate of drug-likeness (QED) is 0.882. The third-order valence-electron chi connectivity index (χ3n) is 2.05. The Bertz CT molecular complexity index is 574. The molecule has 1 aromatic carbocycles. The lowest BCUT2D eigenvalue weighted by Gasteiger charge is -1.96. The molecule has 2 aromatic rings. The van der Waals surface area contributed by atoms with Gasteiger partial charge >= 0.3 is 18.0 Å². The fourth-order valence-corrected chi connectivity index (χ4v) is 1.38. The molecule has 2 rings (SSSR count). The van der Waals surface area contributed by atoms with Crippen LogP contribution in [-0.2, 0) is 17.4 Å². The Hall–Kier alpha value is -2.05. The van der Waals surface area contributed by atoms with E-state index in [0.29, 0.717) is 5.56 Å². The summed E-state index contributed by atoms with van der Waals surface area (Å²) in [4.78, 5) is 13.7. The Morgan fingerprint density at radius 2 is 2.12 bits per heavy atom. The third kappa shape index (κ3) is 2.38. The minimum absolute atomic E-state index is 0.00363. The number of rotatable bonds is 2. The number of alkyl halides is 3. The minimum Gasteiger partial charge on any atom is -0.481 e. The molecule has 0 saturated heterocycles. The van der Waals surface area contributed by atoms with Gasteiger partial charge in [0.15, 0.2) is 5.58 Å². The lowest BCUT2D eigenvalue weighted by molar-refractivity contribution is -0.156. The van der Waals surface area contributed by atoms with Crippen LogP contribution in [0.25, 0.3) is 11.1 Å². The highest BCUT2D eigenvalue weighted by Gasteiger charge is 2.37. The largest absolute Gasteiger partial charge is 0.481 e. The summed E-state index contributed by atoms with van der Waals surface area (Å²) in [5.41, 5.74) is 0.342. The van der Waals surface area contributed by atoms with Crippen molar-refractivity contribution in [2.24, 2.45) is 0 Å².